The van der Waals surface area contributed by atoms with E-state index < -0.39 is 11.9 Å². The summed E-state index contributed by atoms with van der Waals surface area (Å²) in [5.74, 6) is -1.11. The van der Waals surface area contributed by atoms with Crippen LogP contribution in [0.3, 0.4) is 0 Å². The standard InChI is InChI=1S/C23H28O3.H3OP/c1-15(2)11-20(23(25)26-14-19-9-7-6-8-10-19)22(24)21-17(4)12-16(3)13-18(21)5;1-2/h6-10,12-13,15,20H,11,14H2,1-5H3;2H3. The number of benzene rings is 2. The fraction of sp³-hybridized carbons (Fsp3) is 0.391. The zero-order chi connectivity index (χ0) is 21.3. The molecule has 0 saturated carbocycles. The minimum atomic E-state index is -0.765. The van der Waals surface area contributed by atoms with E-state index in [4.69, 9.17) is 9.30 Å². The SMILES string of the molecule is Cc1cc(C)c(C(=O)C(CC(C)C)C(=O)OCc2ccccc2)c(C)c1.O=[PH3]. The van der Waals surface area contributed by atoms with Crippen molar-refractivity contribution < 1.29 is 18.9 Å². The summed E-state index contributed by atoms with van der Waals surface area (Å²) in [4.78, 5) is 25.9. The van der Waals surface area contributed by atoms with Gasteiger partial charge in [-0.2, -0.15) is 0 Å². The molecule has 4 nitrogen and oxygen atoms in total. The molecule has 2 aromatic rings. The lowest BCUT2D eigenvalue weighted by atomic mass is 9.85. The minimum absolute atomic E-state index is 0.133. The van der Waals surface area contributed by atoms with Gasteiger partial charge in [0.25, 0.3) is 0 Å². The molecule has 0 aliphatic heterocycles. The van der Waals surface area contributed by atoms with E-state index in [9.17, 15) is 9.59 Å². The third-order valence-electron chi connectivity index (χ3n) is 4.46. The van der Waals surface area contributed by atoms with Gasteiger partial charge < -0.3 is 9.30 Å². The molecule has 0 fully saturated rings. The lowest BCUT2D eigenvalue weighted by molar-refractivity contribution is -0.148. The number of ketones is 1. The monoisotopic (exact) mass is 402 g/mol. The molecule has 2 atom stereocenters. The third-order valence-corrected chi connectivity index (χ3v) is 4.46. The molecular weight excluding hydrogens is 371 g/mol. The van der Waals surface area contributed by atoms with E-state index in [1.165, 1.54) is 0 Å². The Hall–Kier alpha value is -2.19. The zero-order valence-electron chi connectivity index (χ0n) is 17.5. The summed E-state index contributed by atoms with van der Waals surface area (Å²) < 4.78 is 13.8. The summed E-state index contributed by atoms with van der Waals surface area (Å²) in [5, 5.41) is 0. The van der Waals surface area contributed by atoms with Crippen molar-refractivity contribution in [1.82, 2.24) is 0 Å². The Balaban J connectivity index is 0.00000190. The Bertz CT molecular complexity index is 776. The molecule has 152 valence electrons. The van der Waals surface area contributed by atoms with E-state index in [-0.39, 0.29) is 18.3 Å². The second kappa shape index (κ2) is 11.6. The highest BCUT2D eigenvalue weighted by Crippen LogP contribution is 2.25. The number of Topliss-reactive ketones (excluding diaryl/α,β-unsaturated/α-hetero) is 1. The summed E-state index contributed by atoms with van der Waals surface area (Å²) in [5.41, 5.74) is 4.51. The number of aryl methyl sites for hydroxylation is 3. The van der Waals surface area contributed by atoms with Crippen molar-refractivity contribution in [3.05, 3.63) is 70.3 Å². The van der Waals surface area contributed by atoms with Crippen molar-refractivity contribution in [2.45, 2.75) is 47.6 Å². The van der Waals surface area contributed by atoms with Crippen molar-refractivity contribution in [1.29, 1.82) is 0 Å². The van der Waals surface area contributed by atoms with Crippen LogP contribution in [0.1, 0.15) is 52.9 Å². The molecule has 0 aromatic heterocycles. The molecule has 2 unspecified atom stereocenters. The van der Waals surface area contributed by atoms with E-state index in [0.29, 0.717) is 21.1 Å². The van der Waals surface area contributed by atoms with Crippen LogP contribution in [0.5, 0.6) is 0 Å². The van der Waals surface area contributed by atoms with Crippen LogP contribution in [-0.2, 0) is 20.7 Å². The summed E-state index contributed by atoms with van der Waals surface area (Å²) in [6, 6.07) is 13.5. The minimum Gasteiger partial charge on any atom is -0.460 e. The van der Waals surface area contributed by atoms with Gasteiger partial charge in [-0.15, -0.1) is 0 Å². The number of carbonyl (C=O) groups excluding carboxylic acids is 2. The first kappa shape index (κ1) is 23.8. The molecule has 28 heavy (non-hydrogen) atoms. The highest BCUT2D eigenvalue weighted by Gasteiger charge is 2.31. The first-order valence-electron chi connectivity index (χ1n) is 9.41. The molecule has 2 aromatic carbocycles. The Morgan fingerprint density at radius 1 is 0.964 bits per heavy atom. The van der Waals surface area contributed by atoms with Crippen LogP contribution in [0.4, 0.5) is 0 Å². The second-order valence-electron chi connectivity index (χ2n) is 7.41. The van der Waals surface area contributed by atoms with Crippen LogP contribution in [-0.4, -0.2) is 11.8 Å². The molecule has 0 bridgehead atoms. The molecule has 0 aliphatic carbocycles. The van der Waals surface area contributed by atoms with Crippen LogP contribution in [0.2, 0.25) is 0 Å². The smallest absolute Gasteiger partial charge is 0.317 e. The number of hydrogen-bond donors (Lipinski definition) is 0. The van der Waals surface area contributed by atoms with Crippen molar-refractivity contribution in [2.24, 2.45) is 11.8 Å². The van der Waals surface area contributed by atoms with Gasteiger partial charge in [0.1, 0.15) is 12.5 Å². The summed E-state index contributed by atoms with van der Waals surface area (Å²) in [6.45, 7) is 10.1. The third kappa shape index (κ3) is 6.76. The number of hydrogen-bond acceptors (Lipinski definition) is 4. The maximum Gasteiger partial charge on any atom is 0.317 e. The Kier molecular flexibility index (Phi) is 9.89. The molecule has 0 spiro atoms. The van der Waals surface area contributed by atoms with Gasteiger partial charge in [0, 0.05) is 5.56 Å². The van der Waals surface area contributed by atoms with Crippen LogP contribution in [0.25, 0.3) is 0 Å². The normalized spacial score (nSPS) is 11.5. The molecule has 0 radical (unpaired) electrons. The van der Waals surface area contributed by atoms with Crippen LogP contribution in [0, 0.1) is 32.6 Å². The highest BCUT2D eigenvalue weighted by molar-refractivity contribution is 7.00. The molecule has 2 rings (SSSR count). The molecule has 0 heterocycles. The molecule has 0 amide bonds. The van der Waals surface area contributed by atoms with Gasteiger partial charge in [0.2, 0.25) is 0 Å². The highest BCUT2D eigenvalue weighted by atomic mass is 31.0. The van der Waals surface area contributed by atoms with Gasteiger partial charge in [0.05, 0.1) is 9.12 Å². The Labute approximate surface area is 169 Å². The zero-order valence-corrected chi connectivity index (χ0v) is 18.9. The summed E-state index contributed by atoms with van der Waals surface area (Å²) in [6.07, 6.45) is 0.485. The average molecular weight is 402 g/mol. The van der Waals surface area contributed by atoms with Gasteiger partial charge in [-0.25, -0.2) is 0 Å². The molecular formula is C23H31O4P. The van der Waals surface area contributed by atoms with Crippen molar-refractivity contribution in [2.75, 3.05) is 0 Å². The van der Waals surface area contributed by atoms with Crippen molar-refractivity contribution >= 4 is 20.9 Å². The molecule has 0 aliphatic rings. The van der Waals surface area contributed by atoms with Crippen molar-refractivity contribution in [3.63, 3.8) is 0 Å². The fourth-order valence-electron chi connectivity index (χ4n) is 3.35. The van der Waals surface area contributed by atoms with Crippen LogP contribution in [0.15, 0.2) is 42.5 Å². The van der Waals surface area contributed by atoms with E-state index in [0.717, 1.165) is 22.3 Å². The van der Waals surface area contributed by atoms with Crippen molar-refractivity contribution in [3.8, 4) is 0 Å². The Morgan fingerprint density at radius 2 is 1.50 bits per heavy atom. The van der Waals surface area contributed by atoms with E-state index in [2.05, 4.69) is 0 Å². The van der Waals surface area contributed by atoms with Gasteiger partial charge in [-0.1, -0.05) is 61.9 Å². The summed E-state index contributed by atoms with van der Waals surface area (Å²) >= 11 is 0. The molecule has 0 N–H and O–H groups in total. The molecule has 0 saturated heterocycles. The maximum atomic E-state index is 13.2. The summed E-state index contributed by atoms with van der Waals surface area (Å²) in [7, 11) is 0.611. The van der Waals surface area contributed by atoms with Crippen LogP contribution >= 0.6 is 9.12 Å². The topological polar surface area (TPSA) is 60.4 Å². The van der Waals surface area contributed by atoms with E-state index in [1.807, 2.05) is 77.1 Å². The molecule has 5 heteroatoms. The second-order valence-corrected chi connectivity index (χ2v) is 7.41. The average Bonchev–Trinajstić information content (AvgIpc) is 2.65. The maximum absolute atomic E-state index is 13.2. The van der Waals surface area contributed by atoms with E-state index >= 15 is 0 Å². The first-order chi connectivity index (χ1) is 13.3. The van der Waals surface area contributed by atoms with E-state index in [1.54, 1.807) is 0 Å². The van der Waals surface area contributed by atoms with Gasteiger partial charge in [-0.05, 0) is 49.8 Å². The predicted molar refractivity (Wildman–Crippen MR) is 116 cm³/mol. The number of esters is 1. The lowest BCUT2D eigenvalue weighted by Crippen LogP contribution is -2.29. The first-order valence-corrected chi connectivity index (χ1v) is 9.98. The van der Waals surface area contributed by atoms with Gasteiger partial charge >= 0.3 is 5.97 Å². The number of rotatable bonds is 7. The largest absolute Gasteiger partial charge is 0.460 e. The van der Waals surface area contributed by atoms with Crippen LogP contribution < -0.4 is 0 Å². The lowest BCUT2D eigenvalue weighted by Gasteiger charge is -2.19. The number of carbonyl (C=O) groups is 2. The van der Waals surface area contributed by atoms with Gasteiger partial charge in [-0.3, -0.25) is 9.59 Å². The Morgan fingerprint density at radius 3 is 2.00 bits per heavy atom. The predicted octanol–water partition coefficient (Wildman–Crippen LogP) is 5.14. The quantitative estimate of drug-likeness (QED) is 0.278. The van der Waals surface area contributed by atoms with Gasteiger partial charge in [0.15, 0.2) is 5.78 Å². The fourth-order valence-corrected chi connectivity index (χ4v) is 3.35. The number of ether oxygens (including phenoxy) is 1.